The smallest absolute Gasteiger partial charge is 0.201 e. The molecule has 0 aliphatic rings. The van der Waals surface area contributed by atoms with Crippen LogP contribution in [0.3, 0.4) is 0 Å². The molecule has 0 atom stereocenters. The lowest BCUT2D eigenvalue weighted by atomic mass is 10.2. The lowest BCUT2D eigenvalue weighted by Gasteiger charge is -2.08. The van der Waals surface area contributed by atoms with Crippen LogP contribution in [0.5, 0.6) is 0 Å². The summed E-state index contributed by atoms with van der Waals surface area (Å²) in [6.07, 6.45) is 0. The predicted octanol–water partition coefficient (Wildman–Crippen LogP) is 3.74. The van der Waals surface area contributed by atoms with Gasteiger partial charge in [-0.3, -0.25) is 0 Å². The van der Waals surface area contributed by atoms with Crippen LogP contribution in [0.1, 0.15) is 5.56 Å². The Kier molecular flexibility index (Phi) is 3.25. The Balaban J connectivity index is 2.12. The van der Waals surface area contributed by atoms with Crippen molar-refractivity contribution in [3.8, 4) is 0 Å². The van der Waals surface area contributed by atoms with Gasteiger partial charge in [0, 0.05) is 17.7 Å². The van der Waals surface area contributed by atoms with Gasteiger partial charge in [0.15, 0.2) is 0 Å². The number of fused-ring (bicyclic) bond motifs is 1. The van der Waals surface area contributed by atoms with E-state index in [0.29, 0.717) is 11.0 Å². The third kappa shape index (κ3) is 2.42. The van der Waals surface area contributed by atoms with Gasteiger partial charge in [0.2, 0.25) is 5.95 Å². The Bertz CT molecular complexity index is 845. The highest BCUT2D eigenvalue weighted by atomic mass is 35.5. The molecule has 0 bridgehead atoms. The molecular weight excluding hydrogens is 303 g/mol. The quantitative estimate of drug-likeness (QED) is 0.783. The minimum Gasteiger partial charge on any atom is -0.369 e. The van der Waals surface area contributed by atoms with Crippen molar-refractivity contribution < 1.29 is 13.2 Å². The number of hydrogen-bond donors (Lipinski definition) is 1. The minimum atomic E-state index is -0.703. The molecule has 0 amide bonds. The predicted molar refractivity (Wildman–Crippen MR) is 74.6 cm³/mol. The summed E-state index contributed by atoms with van der Waals surface area (Å²) in [6, 6.07) is 5.76. The molecule has 2 N–H and O–H groups in total. The Morgan fingerprint density at radius 3 is 2.57 bits per heavy atom. The third-order valence-corrected chi connectivity index (χ3v) is 3.45. The van der Waals surface area contributed by atoms with Gasteiger partial charge in [-0.25, -0.2) is 18.2 Å². The van der Waals surface area contributed by atoms with Crippen molar-refractivity contribution in [2.24, 2.45) is 0 Å². The molecule has 21 heavy (non-hydrogen) atoms. The second kappa shape index (κ2) is 4.96. The molecule has 0 unspecified atom stereocenters. The van der Waals surface area contributed by atoms with Crippen LogP contribution in [0, 0.1) is 17.5 Å². The lowest BCUT2D eigenvalue weighted by molar-refractivity contribution is 0.568. The van der Waals surface area contributed by atoms with Crippen molar-refractivity contribution >= 4 is 28.6 Å². The number of nitrogen functional groups attached to an aromatic ring is 1. The molecule has 2 aromatic carbocycles. The Morgan fingerprint density at radius 2 is 1.86 bits per heavy atom. The maximum atomic E-state index is 13.7. The van der Waals surface area contributed by atoms with Crippen LogP contribution in [0.2, 0.25) is 5.02 Å². The first kappa shape index (κ1) is 13.8. The average Bonchev–Trinajstić information content (AvgIpc) is 2.69. The van der Waals surface area contributed by atoms with Crippen LogP contribution in [0.25, 0.3) is 11.0 Å². The van der Waals surface area contributed by atoms with Crippen LogP contribution in [-0.2, 0) is 6.54 Å². The first-order chi connectivity index (χ1) is 9.95. The molecule has 0 aliphatic heterocycles. The summed E-state index contributed by atoms with van der Waals surface area (Å²) >= 11 is 5.69. The molecule has 7 heteroatoms. The van der Waals surface area contributed by atoms with Crippen LogP contribution < -0.4 is 5.73 Å². The lowest BCUT2D eigenvalue weighted by Crippen LogP contribution is -2.06. The van der Waals surface area contributed by atoms with Gasteiger partial charge < -0.3 is 10.3 Å². The number of nitrogens with zero attached hydrogens (tertiary/aromatic N) is 2. The van der Waals surface area contributed by atoms with Gasteiger partial charge >= 0.3 is 0 Å². The van der Waals surface area contributed by atoms with E-state index < -0.39 is 17.5 Å². The van der Waals surface area contributed by atoms with E-state index in [1.54, 1.807) is 0 Å². The highest BCUT2D eigenvalue weighted by Crippen LogP contribution is 2.26. The second-order valence-electron chi connectivity index (χ2n) is 4.55. The Morgan fingerprint density at radius 1 is 1.10 bits per heavy atom. The normalized spacial score (nSPS) is 11.2. The van der Waals surface area contributed by atoms with Crippen molar-refractivity contribution in [2.75, 3.05) is 5.73 Å². The number of benzene rings is 2. The third-order valence-electron chi connectivity index (χ3n) is 3.16. The second-order valence-corrected chi connectivity index (χ2v) is 4.95. The number of rotatable bonds is 2. The topological polar surface area (TPSA) is 43.8 Å². The minimum absolute atomic E-state index is 0.00944. The molecule has 0 spiro atoms. The average molecular weight is 312 g/mol. The molecular formula is C14H9ClF3N3. The number of imidazole rings is 1. The summed E-state index contributed by atoms with van der Waals surface area (Å²) in [6.45, 7) is 0.00944. The molecule has 3 aromatic rings. The monoisotopic (exact) mass is 311 g/mol. The summed E-state index contributed by atoms with van der Waals surface area (Å²) in [5, 5.41) is -0.0693. The summed E-state index contributed by atoms with van der Waals surface area (Å²) < 4.78 is 41.6. The van der Waals surface area contributed by atoms with E-state index in [-0.39, 0.29) is 23.1 Å². The van der Waals surface area contributed by atoms with Gasteiger partial charge in [-0.1, -0.05) is 17.7 Å². The van der Waals surface area contributed by atoms with Crippen LogP contribution in [0.15, 0.2) is 30.3 Å². The van der Waals surface area contributed by atoms with Gasteiger partial charge in [0.1, 0.15) is 17.5 Å². The van der Waals surface area contributed by atoms with E-state index in [4.69, 9.17) is 17.3 Å². The SMILES string of the molecule is Nc1nc2cc(Cl)c(F)cc2n1Cc1ccc(F)cc1F. The summed E-state index contributed by atoms with van der Waals surface area (Å²) in [7, 11) is 0. The Labute approximate surface area is 122 Å². The van der Waals surface area contributed by atoms with Crippen molar-refractivity contribution in [3.05, 3.63) is 58.4 Å². The van der Waals surface area contributed by atoms with Crippen molar-refractivity contribution in [1.29, 1.82) is 0 Å². The molecule has 0 aliphatic carbocycles. The highest BCUT2D eigenvalue weighted by Gasteiger charge is 2.14. The number of hydrogen-bond acceptors (Lipinski definition) is 2. The summed E-state index contributed by atoms with van der Waals surface area (Å²) in [4.78, 5) is 4.05. The zero-order valence-corrected chi connectivity index (χ0v) is 11.3. The molecule has 1 heterocycles. The molecule has 3 nitrogen and oxygen atoms in total. The molecule has 0 fully saturated rings. The Hall–Kier alpha value is -2.21. The van der Waals surface area contributed by atoms with Crippen molar-refractivity contribution in [1.82, 2.24) is 9.55 Å². The van der Waals surface area contributed by atoms with Crippen molar-refractivity contribution in [2.45, 2.75) is 6.54 Å². The largest absolute Gasteiger partial charge is 0.369 e. The maximum absolute atomic E-state index is 13.7. The first-order valence-electron chi connectivity index (χ1n) is 6.00. The van der Waals surface area contributed by atoms with Gasteiger partial charge in [0.25, 0.3) is 0 Å². The summed E-state index contributed by atoms with van der Waals surface area (Å²) in [5.74, 6) is -1.90. The molecule has 0 saturated heterocycles. The van der Waals surface area contributed by atoms with E-state index in [2.05, 4.69) is 4.98 Å². The molecule has 108 valence electrons. The van der Waals surface area contributed by atoms with E-state index in [1.165, 1.54) is 22.8 Å². The number of aromatic nitrogens is 2. The first-order valence-corrected chi connectivity index (χ1v) is 6.38. The fourth-order valence-electron chi connectivity index (χ4n) is 2.13. The van der Waals surface area contributed by atoms with E-state index in [9.17, 15) is 13.2 Å². The fraction of sp³-hybridized carbons (Fsp3) is 0.0714. The van der Waals surface area contributed by atoms with E-state index >= 15 is 0 Å². The van der Waals surface area contributed by atoms with Gasteiger partial charge in [0.05, 0.1) is 22.6 Å². The van der Waals surface area contributed by atoms with Crippen LogP contribution in [0.4, 0.5) is 19.1 Å². The molecule has 1 aromatic heterocycles. The van der Waals surface area contributed by atoms with E-state index in [1.807, 2.05) is 0 Å². The molecule has 0 saturated carbocycles. The molecule has 3 rings (SSSR count). The zero-order valence-electron chi connectivity index (χ0n) is 10.6. The van der Waals surface area contributed by atoms with Gasteiger partial charge in [-0.2, -0.15) is 0 Å². The van der Waals surface area contributed by atoms with E-state index in [0.717, 1.165) is 12.1 Å². The van der Waals surface area contributed by atoms with Crippen molar-refractivity contribution in [3.63, 3.8) is 0 Å². The number of anilines is 1. The fourth-order valence-corrected chi connectivity index (χ4v) is 2.28. The van der Waals surface area contributed by atoms with Gasteiger partial charge in [-0.15, -0.1) is 0 Å². The highest BCUT2D eigenvalue weighted by molar-refractivity contribution is 6.31. The molecule has 0 radical (unpaired) electrons. The standard InChI is InChI=1S/C14H9ClF3N3/c15-9-4-12-13(5-11(9)18)21(14(19)20-12)6-7-1-2-8(16)3-10(7)17/h1-5H,6H2,(H2,19,20). The number of nitrogens with two attached hydrogens (primary N) is 1. The number of halogens is 4. The zero-order chi connectivity index (χ0) is 15.1. The summed E-state index contributed by atoms with van der Waals surface area (Å²) in [5.41, 5.74) is 6.78. The maximum Gasteiger partial charge on any atom is 0.201 e. The van der Waals surface area contributed by atoms with Crippen LogP contribution in [-0.4, -0.2) is 9.55 Å². The van der Waals surface area contributed by atoms with Gasteiger partial charge in [-0.05, 0) is 12.1 Å². The van der Waals surface area contributed by atoms with Crippen LogP contribution >= 0.6 is 11.6 Å².